The van der Waals surface area contributed by atoms with Crippen LogP contribution in [-0.4, -0.2) is 43.9 Å². The first kappa shape index (κ1) is 17.4. The fourth-order valence-electron chi connectivity index (χ4n) is 2.58. The normalized spacial score (nSPS) is 20.3. The van der Waals surface area contributed by atoms with Crippen LogP contribution in [0, 0.1) is 5.92 Å². The predicted molar refractivity (Wildman–Crippen MR) is 83.5 cm³/mol. The standard InChI is InChI=1S/C15H21F3N4O/c1-22-8-2-3-11(10-22)9-20-14(19)21-12-4-6-13(7-5-12)23-15(16,17)18/h4-7,11H,2-3,8-10H2,1H3,(H3,19,20,21). The smallest absolute Gasteiger partial charge is 0.406 e. The third-order valence-corrected chi connectivity index (χ3v) is 3.60. The quantitative estimate of drug-likeness (QED) is 0.658. The molecule has 5 nitrogen and oxygen atoms in total. The zero-order chi connectivity index (χ0) is 16.9. The summed E-state index contributed by atoms with van der Waals surface area (Å²) in [6.45, 7) is 2.75. The number of likely N-dealkylation sites (tertiary alicyclic amines) is 1. The Morgan fingerprint density at radius 1 is 1.39 bits per heavy atom. The number of ether oxygens (including phenoxy) is 1. The topological polar surface area (TPSA) is 62.9 Å². The Morgan fingerprint density at radius 2 is 2.09 bits per heavy atom. The molecule has 1 heterocycles. The molecule has 0 spiro atoms. The van der Waals surface area contributed by atoms with Gasteiger partial charge in [-0.2, -0.15) is 0 Å². The molecule has 1 aliphatic rings. The Morgan fingerprint density at radius 3 is 2.70 bits per heavy atom. The molecule has 0 amide bonds. The van der Waals surface area contributed by atoms with Gasteiger partial charge in [0.25, 0.3) is 0 Å². The van der Waals surface area contributed by atoms with Crippen molar-refractivity contribution in [2.75, 3.05) is 32.0 Å². The highest BCUT2D eigenvalue weighted by Crippen LogP contribution is 2.23. The average Bonchev–Trinajstić information content (AvgIpc) is 2.46. The molecule has 1 atom stereocenters. The van der Waals surface area contributed by atoms with Crippen LogP contribution < -0.4 is 15.8 Å². The van der Waals surface area contributed by atoms with Crippen LogP contribution in [0.2, 0.25) is 0 Å². The van der Waals surface area contributed by atoms with Gasteiger partial charge in [-0.15, -0.1) is 13.2 Å². The molecule has 2 rings (SSSR count). The maximum Gasteiger partial charge on any atom is 0.573 e. The number of nitrogens with zero attached hydrogens (tertiary/aromatic N) is 2. The van der Waals surface area contributed by atoms with Crippen LogP contribution in [-0.2, 0) is 0 Å². The molecular formula is C15H21F3N4O. The number of alkyl halides is 3. The summed E-state index contributed by atoms with van der Waals surface area (Å²) in [6.07, 6.45) is -2.40. The van der Waals surface area contributed by atoms with E-state index in [1.807, 2.05) is 0 Å². The second-order valence-corrected chi connectivity index (χ2v) is 5.69. The van der Waals surface area contributed by atoms with E-state index in [2.05, 4.69) is 27.0 Å². The van der Waals surface area contributed by atoms with E-state index in [1.54, 1.807) is 0 Å². The van der Waals surface area contributed by atoms with Crippen LogP contribution in [0.25, 0.3) is 0 Å². The maximum atomic E-state index is 12.1. The van der Waals surface area contributed by atoms with Gasteiger partial charge in [0.1, 0.15) is 5.75 Å². The minimum Gasteiger partial charge on any atom is -0.406 e. The second-order valence-electron chi connectivity index (χ2n) is 5.69. The number of halogens is 3. The summed E-state index contributed by atoms with van der Waals surface area (Å²) in [5.41, 5.74) is 6.37. The van der Waals surface area contributed by atoms with Crippen LogP contribution in [0.1, 0.15) is 12.8 Å². The number of guanidine groups is 1. The molecule has 23 heavy (non-hydrogen) atoms. The highest BCUT2D eigenvalue weighted by atomic mass is 19.4. The Hall–Kier alpha value is -1.96. The lowest BCUT2D eigenvalue weighted by Gasteiger charge is -2.28. The number of anilines is 1. The molecule has 0 saturated carbocycles. The Labute approximate surface area is 133 Å². The van der Waals surface area contributed by atoms with Crippen molar-refractivity contribution in [3.8, 4) is 5.75 Å². The van der Waals surface area contributed by atoms with Gasteiger partial charge in [-0.3, -0.25) is 4.99 Å². The Bertz CT molecular complexity index is 531. The van der Waals surface area contributed by atoms with Crippen molar-refractivity contribution in [3.63, 3.8) is 0 Å². The number of benzene rings is 1. The van der Waals surface area contributed by atoms with E-state index in [4.69, 9.17) is 5.73 Å². The van der Waals surface area contributed by atoms with Gasteiger partial charge in [0.15, 0.2) is 5.96 Å². The molecule has 8 heteroatoms. The predicted octanol–water partition coefficient (Wildman–Crippen LogP) is 2.65. The zero-order valence-corrected chi connectivity index (χ0v) is 12.9. The van der Waals surface area contributed by atoms with E-state index >= 15 is 0 Å². The number of rotatable bonds is 4. The second kappa shape index (κ2) is 7.54. The molecule has 3 N–H and O–H groups in total. The van der Waals surface area contributed by atoms with Gasteiger partial charge in [0.2, 0.25) is 0 Å². The van der Waals surface area contributed by atoms with Gasteiger partial charge in [0, 0.05) is 18.8 Å². The Balaban J connectivity index is 1.84. The van der Waals surface area contributed by atoms with E-state index in [9.17, 15) is 13.2 Å². The van der Waals surface area contributed by atoms with Gasteiger partial charge < -0.3 is 20.7 Å². The summed E-state index contributed by atoms with van der Waals surface area (Å²) in [5, 5.41) is 2.86. The summed E-state index contributed by atoms with van der Waals surface area (Å²) >= 11 is 0. The number of hydrogen-bond acceptors (Lipinski definition) is 3. The van der Waals surface area contributed by atoms with E-state index in [0.29, 0.717) is 18.2 Å². The molecular weight excluding hydrogens is 309 g/mol. The molecule has 0 radical (unpaired) electrons. The monoisotopic (exact) mass is 330 g/mol. The minimum atomic E-state index is -4.69. The molecule has 128 valence electrons. The summed E-state index contributed by atoms with van der Waals surface area (Å²) in [6, 6.07) is 5.36. The first-order chi connectivity index (χ1) is 10.8. The highest BCUT2D eigenvalue weighted by molar-refractivity contribution is 5.92. The van der Waals surface area contributed by atoms with Crippen molar-refractivity contribution in [1.29, 1.82) is 0 Å². The third-order valence-electron chi connectivity index (χ3n) is 3.60. The van der Waals surface area contributed by atoms with Crippen LogP contribution >= 0.6 is 0 Å². The minimum absolute atomic E-state index is 0.253. The number of hydrogen-bond donors (Lipinski definition) is 2. The molecule has 1 unspecified atom stereocenters. The lowest BCUT2D eigenvalue weighted by atomic mass is 9.99. The molecule has 0 aromatic heterocycles. The Kier molecular flexibility index (Phi) is 5.70. The van der Waals surface area contributed by atoms with E-state index < -0.39 is 6.36 Å². The van der Waals surface area contributed by atoms with Crippen LogP contribution in [0.4, 0.5) is 18.9 Å². The fraction of sp³-hybridized carbons (Fsp3) is 0.533. The molecule has 1 aromatic rings. The summed E-state index contributed by atoms with van der Waals surface area (Å²) in [7, 11) is 2.09. The maximum absolute atomic E-state index is 12.1. The average molecular weight is 330 g/mol. The SMILES string of the molecule is CN1CCCC(CN=C(N)Nc2ccc(OC(F)(F)F)cc2)C1. The van der Waals surface area contributed by atoms with Gasteiger partial charge >= 0.3 is 6.36 Å². The van der Waals surface area contributed by atoms with Crippen LogP contribution in [0.3, 0.4) is 0 Å². The van der Waals surface area contributed by atoms with Crippen molar-refractivity contribution < 1.29 is 17.9 Å². The van der Waals surface area contributed by atoms with E-state index in [0.717, 1.165) is 25.9 Å². The number of piperidine rings is 1. The zero-order valence-electron chi connectivity index (χ0n) is 12.9. The fourth-order valence-corrected chi connectivity index (χ4v) is 2.58. The molecule has 1 saturated heterocycles. The lowest BCUT2D eigenvalue weighted by molar-refractivity contribution is -0.274. The molecule has 0 aliphatic carbocycles. The van der Waals surface area contributed by atoms with Crippen molar-refractivity contribution >= 4 is 11.6 Å². The number of nitrogens with one attached hydrogen (secondary N) is 1. The van der Waals surface area contributed by atoms with Crippen molar-refractivity contribution in [3.05, 3.63) is 24.3 Å². The lowest BCUT2D eigenvalue weighted by Crippen LogP contribution is -2.34. The van der Waals surface area contributed by atoms with Gasteiger partial charge in [-0.1, -0.05) is 0 Å². The molecule has 0 bridgehead atoms. The molecule has 1 aliphatic heterocycles. The van der Waals surface area contributed by atoms with E-state index in [1.165, 1.54) is 24.3 Å². The van der Waals surface area contributed by atoms with Gasteiger partial charge in [-0.05, 0) is 56.6 Å². The largest absolute Gasteiger partial charge is 0.573 e. The summed E-state index contributed by atoms with van der Waals surface area (Å²) in [5.74, 6) is 0.461. The molecule has 1 aromatic carbocycles. The van der Waals surface area contributed by atoms with Crippen LogP contribution in [0.15, 0.2) is 29.3 Å². The molecule has 1 fully saturated rings. The van der Waals surface area contributed by atoms with E-state index in [-0.39, 0.29) is 11.7 Å². The summed E-state index contributed by atoms with van der Waals surface area (Å²) < 4.78 is 40.0. The van der Waals surface area contributed by atoms with Gasteiger partial charge in [-0.25, -0.2) is 0 Å². The first-order valence-corrected chi connectivity index (χ1v) is 7.43. The number of nitrogens with two attached hydrogens (primary N) is 1. The third kappa shape index (κ3) is 6.35. The van der Waals surface area contributed by atoms with Gasteiger partial charge in [0.05, 0.1) is 0 Å². The van der Waals surface area contributed by atoms with Crippen LogP contribution in [0.5, 0.6) is 5.75 Å². The summed E-state index contributed by atoms with van der Waals surface area (Å²) in [4.78, 5) is 6.58. The van der Waals surface area contributed by atoms with Crippen molar-refractivity contribution in [2.45, 2.75) is 19.2 Å². The van der Waals surface area contributed by atoms with Crippen molar-refractivity contribution in [1.82, 2.24) is 4.90 Å². The highest BCUT2D eigenvalue weighted by Gasteiger charge is 2.30. The number of aliphatic imine (C=N–C) groups is 1. The van der Waals surface area contributed by atoms with Crippen molar-refractivity contribution in [2.24, 2.45) is 16.6 Å². The first-order valence-electron chi connectivity index (χ1n) is 7.43.